The monoisotopic (exact) mass is 223 g/mol. The number of hydrogen-bond donors (Lipinski definition) is 3. The van der Waals surface area contributed by atoms with Crippen molar-refractivity contribution in [1.29, 1.82) is 5.41 Å². The van der Waals surface area contributed by atoms with Crippen LogP contribution in [-0.4, -0.2) is 17.4 Å². The van der Waals surface area contributed by atoms with Gasteiger partial charge in [-0.05, 0) is 37.0 Å². The van der Waals surface area contributed by atoms with Gasteiger partial charge in [-0.1, -0.05) is 20.8 Å². The van der Waals surface area contributed by atoms with Gasteiger partial charge in [0.05, 0.1) is 5.54 Å². The summed E-state index contributed by atoms with van der Waals surface area (Å²) in [6.45, 7) is 6.81. The molecule has 4 heteroatoms. The van der Waals surface area contributed by atoms with Crippen molar-refractivity contribution in [2.24, 2.45) is 11.3 Å². The summed E-state index contributed by atoms with van der Waals surface area (Å²) in [6.07, 6.45) is 3.97. The fourth-order valence-corrected chi connectivity index (χ4v) is 2.90. The number of amides is 2. The van der Waals surface area contributed by atoms with Gasteiger partial charge in [-0.3, -0.25) is 10.7 Å². The number of carbonyl (C=O) groups is 1. The van der Waals surface area contributed by atoms with Gasteiger partial charge >= 0.3 is 6.03 Å². The van der Waals surface area contributed by atoms with Gasteiger partial charge < -0.3 is 5.32 Å². The molecule has 0 aromatic heterocycles. The summed E-state index contributed by atoms with van der Waals surface area (Å²) < 4.78 is 0. The Labute approximate surface area is 96.7 Å². The Bertz CT molecular complexity index is 322. The summed E-state index contributed by atoms with van der Waals surface area (Å²) in [5.41, 5.74) is -0.0430. The Hall–Kier alpha value is -1.06. The van der Waals surface area contributed by atoms with Crippen LogP contribution in [-0.2, 0) is 0 Å². The Balaban J connectivity index is 2.05. The largest absolute Gasteiger partial charge is 0.325 e. The van der Waals surface area contributed by atoms with Crippen LogP contribution >= 0.6 is 0 Å². The van der Waals surface area contributed by atoms with Gasteiger partial charge in [0.1, 0.15) is 5.84 Å². The molecule has 16 heavy (non-hydrogen) atoms. The van der Waals surface area contributed by atoms with Crippen LogP contribution in [0.4, 0.5) is 4.79 Å². The summed E-state index contributed by atoms with van der Waals surface area (Å²) in [7, 11) is 0. The first-order valence-corrected chi connectivity index (χ1v) is 6.02. The number of rotatable bonds is 0. The minimum Gasteiger partial charge on any atom is -0.325 e. The van der Waals surface area contributed by atoms with Crippen LogP contribution in [0, 0.1) is 16.7 Å². The van der Waals surface area contributed by atoms with E-state index in [1.54, 1.807) is 0 Å². The van der Waals surface area contributed by atoms with Crippen molar-refractivity contribution in [2.75, 3.05) is 0 Å². The fourth-order valence-electron chi connectivity index (χ4n) is 2.90. The van der Waals surface area contributed by atoms with Crippen molar-refractivity contribution in [3.8, 4) is 0 Å². The van der Waals surface area contributed by atoms with Gasteiger partial charge in [-0.25, -0.2) is 4.79 Å². The van der Waals surface area contributed by atoms with Gasteiger partial charge in [0.2, 0.25) is 0 Å². The van der Waals surface area contributed by atoms with Gasteiger partial charge in [0.25, 0.3) is 0 Å². The lowest BCUT2D eigenvalue weighted by Crippen LogP contribution is -2.50. The van der Waals surface area contributed by atoms with Crippen molar-refractivity contribution in [2.45, 2.75) is 52.0 Å². The average Bonchev–Trinajstić information content (AvgIpc) is 2.41. The molecule has 1 saturated heterocycles. The first-order valence-electron chi connectivity index (χ1n) is 6.02. The fraction of sp³-hybridized carbons (Fsp3) is 0.833. The molecule has 0 aromatic carbocycles. The second-order valence-corrected chi connectivity index (χ2v) is 6.18. The highest BCUT2D eigenvalue weighted by atomic mass is 16.2. The van der Waals surface area contributed by atoms with Crippen molar-refractivity contribution >= 4 is 11.9 Å². The molecule has 0 aromatic rings. The predicted molar refractivity (Wildman–Crippen MR) is 63.5 cm³/mol. The molecule has 1 spiro atoms. The van der Waals surface area contributed by atoms with E-state index in [-0.39, 0.29) is 11.6 Å². The van der Waals surface area contributed by atoms with Gasteiger partial charge in [0.15, 0.2) is 0 Å². The number of hydrogen-bond acceptors (Lipinski definition) is 2. The van der Waals surface area contributed by atoms with Crippen molar-refractivity contribution in [3.05, 3.63) is 0 Å². The van der Waals surface area contributed by atoms with Crippen LogP contribution < -0.4 is 10.6 Å². The zero-order valence-electron chi connectivity index (χ0n) is 10.3. The molecule has 2 fully saturated rings. The molecule has 1 saturated carbocycles. The SMILES string of the molecule is CC(C)(C)C1CCC2(CC1)NC(=O)NC2=N. The quantitative estimate of drug-likeness (QED) is 0.579. The van der Waals surface area contributed by atoms with E-state index in [9.17, 15) is 4.79 Å². The second kappa shape index (κ2) is 3.47. The standard InChI is InChI=1S/C12H21N3O/c1-11(2,3)8-4-6-12(7-5-8)9(13)14-10(16)15-12/h8H,4-7H2,1-3H3,(H3,13,14,15,16). The highest BCUT2D eigenvalue weighted by Gasteiger charge is 2.46. The molecule has 3 N–H and O–H groups in total. The molecule has 0 unspecified atom stereocenters. The van der Waals surface area contributed by atoms with Crippen LogP contribution in [0.3, 0.4) is 0 Å². The van der Waals surface area contributed by atoms with Crippen molar-refractivity contribution in [1.82, 2.24) is 10.6 Å². The number of urea groups is 1. The summed E-state index contributed by atoms with van der Waals surface area (Å²) in [5, 5.41) is 13.3. The zero-order chi connectivity index (χ0) is 12.0. The number of nitrogens with one attached hydrogen (secondary N) is 3. The summed E-state index contributed by atoms with van der Waals surface area (Å²) >= 11 is 0. The Kier molecular flexibility index (Phi) is 2.48. The molecular weight excluding hydrogens is 202 g/mol. The molecule has 2 rings (SSSR count). The van der Waals surface area contributed by atoms with Gasteiger partial charge in [0, 0.05) is 0 Å². The van der Waals surface area contributed by atoms with E-state index in [4.69, 9.17) is 5.41 Å². The lowest BCUT2D eigenvalue weighted by Gasteiger charge is -2.41. The summed E-state index contributed by atoms with van der Waals surface area (Å²) in [5.74, 6) is 1.06. The van der Waals surface area contributed by atoms with E-state index in [2.05, 4.69) is 31.4 Å². The molecule has 4 nitrogen and oxygen atoms in total. The molecule has 1 aliphatic carbocycles. The molecule has 2 amide bonds. The van der Waals surface area contributed by atoms with Crippen LogP contribution in [0.1, 0.15) is 46.5 Å². The van der Waals surface area contributed by atoms with E-state index >= 15 is 0 Å². The third-order valence-corrected chi connectivity index (χ3v) is 4.13. The van der Waals surface area contributed by atoms with Crippen LogP contribution in [0.5, 0.6) is 0 Å². The smallest absolute Gasteiger partial charge is 0.321 e. The number of carbonyl (C=O) groups excluding carboxylic acids is 1. The lowest BCUT2D eigenvalue weighted by molar-refractivity contribution is 0.148. The van der Waals surface area contributed by atoms with E-state index in [1.165, 1.54) is 0 Å². The van der Waals surface area contributed by atoms with Crippen LogP contribution in [0.2, 0.25) is 0 Å². The Morgan fingerprint density at radius 3 is 2.25 bits per heavy atom. The Morgan fingerprint density at radius 1 is 1.31 bits per heavy atom. The molecule has 0 radical (unpaired) electrons. The molecule has 2 aliphatic rings. The van der Waals surface area contributed by atoms with E-state index in [1.807, 2.05) is 0 Å². The molecular formula is C12H21N3O. The minimum absolute atomic E-state index is 0.209. The van der Waals surface area contributed by atoms with Crippen LogP contribution in [0.15, 0.2) is 0 Å². The topological polar surface area (TPSA) is 65.0 Å². The van der Waals surface area contributed by atoms with E-state index < -0.39 is 0 Å². The highest BCUT2D eigenvalue weighted by molar-refractivity contribution is 6.08. The van der Waals surface area contributed by atoms with Gasteiger partial charge in [-0.2, -0.15) is 0 Å². The normalized spacial score (nSPS) is 35.1. The third-order valence-electron chi connectivity index (χ3n) is 4.13. The molecule has 1 aliphatic heterocycles. The minimum atomic E-state index is -0.376. The van der Waals surface area contributed by atoms with E-state index in [0.29, 0.717) is 17.2 Å². The highest BCUT2D eigenvalue weighted by Crippen LogP contribution is 2.42. The molecule has 90 valence electrons. The molecule has 1 heterocycles. The predicted octanol–water partition coefficient (Wildman–Crippen LogP) is 2.25. The second-order valence-electron chi connectivity index (χ2n) is 6.18. The van der Waals surface area contributed by atoms with E-state index in [0.717, 1.165) is 25.7 Å². The van der Waals surface area contributed by atoms with Crippen molar-refractivity contribution < 1.29 is 4.79 Å². The summed E-state index contributed by atoms with van der Waals surface area (Å²) in [4.78, 5) is 11.2. The molecule has 0 bridgehead atoms. The zero-order valence-corrected chi connectivity index (χ0v) is 10.3. The van der Waals surface area contributed by atoms with Crippen molar-refractivity contribution in [3.63, 3.8) is 0 Å². The summed E-state index contributed by atoms with van der Waals surface area (Å²) in [6, 6.07) is -0.209. The lowest BCUT2D eigenvalue weighted by atomic mass is 9.67. The first kappa shape index (κ1) is 11.4. The van der Waals surface area contributed by atoms with Gasteiger partial charge in [-0.15, -0.1) is 0 Å². The van der Waals surface area contributed by atoms with Crippen LogP contribution in [0.25, 0.3) is 0 Å². The molecule has 0 atom stereocenters. The third kappa shape index (κ3) is 1.81. The average molecular weight is 223 g/mol. The first-order chi connectivity index (χ1) is 7.33. The maximum Gasteiger partial charge on any atom is 0.321 e. The Morgan fingerprint density at radius 2 is 1.88 bits per heavy atom. The number of amidine groups is 1. The maximum absolute atomic E-state index is 11.2. The maximum atomic E-state index is 11.2.